The molecule has 0 atom stereocenters. The lowest BCUT2D eigenvalue weighted by molar-refractivity contribution is -0.141. The first-order valence-electron chi connectivity index (χ1n) is 7.93. The summed E-state index contributed by atoms with van der Waals surface area (Å²) >= 11 is 0. The molecule has 1 aliphatic carbocycles. The minimum Gasteiger partial charge on any atom is -0.342 e. The third-order valence-electron chi connectivity index (χ3n) is 5.51. The molecule has 1 amide bonds. The average molecular weight is 280 g/mol. The van der Waals surface area contributed by atoms with Gasteiger partial charge in [0.2, 0.25) is 5.91 Å². The lowest BCUT2D eigenvalue weighted by Crippen LogP contribution is -2.47. The van der Waals surface area contributed by atoms with Gasteiger partial charge in [0, 0.05) is 30.5 Å². The largest absolute Gasteiger partial charge is 0.342 e. The Morgan fingerprint density at radius 2 is 1.65 bits per heavy atom. The molecule has 0 spiro atoms. The lowest BCUT2D eigenvalue weighted by atomic mass is 9.76. The Bertz CT molecular complexity index is 365. The lowest BCUT2D eigenvalue weighted by Gasteiger charge is -2.40. The quantitative estimate of drug-likeness (QED) is 0.860. The molecule has 2 fully saturated rings. The van der Waals surface area contributed by atoms with Crippen LogP contribution in [0.15, 0.2) is 0 Å². The first kappa shape index (κ1) is 15.5. The molecule has 1 saturated heterocycles. The normalized spacial score (nSPS) is 30.1. The van der Waals surface area contributed by atoms with Crippen molar-refractivity contribution in [1.82, 2.24) is 10.2 Å². The molecule has 2 rings (SSSR count). The van der Waals surface area contributed by atoms with Crippen molar-refractivity contribution in [3.63, 3.8) is 0 Å². The van der Waals surface area contributed by atoms with Crippen LogP contribution in [0.25, 0.3) is 0 Å². The second kappa shape index (κ2) is 6.25. The Morgan fingerprint density at radius 3 is 2.10 bits per heavy atom. The van der Waals surface area contributed by atoms with Crippen LogP contribution in [0.3, 0.4) is 0 Å². The van der Waals surface area contributed by atoms with Gasteiger partial charge in [-0.05, 0) is 52.5 Å². The van der Waals surface area contributed by atoms with Crippen LogP contribution in [0.1, 0.15) is 52.4 Å². The molecular weight excluding hydrogens is 252 g/mol. The van der Waals surface area contributed by atoms with E-state index in [2.05, 4.69) is 5.32 Å². The van der Waals surface area contributed by atoms with E-state index in [9.17, 15) is 9.59 Å². The first-order chi connectivity index (χ1) is 9.46. The molecule has 2 aliphatic rings. The van der Waals surface area contributed by atoms with Crippen molar-refractivity contribution in [1.29, 1.82) is 0 Å². The third kappa shape index (κ3) is 3.22. The maximum Gasteiger partial charge on any atom is 0.225 e. The van der Waals surface area contributed by atoms with Crippen molar-refractivity contribution >= 4 is 11.7 Å². The molecule has 0 aromatic heterocycles. The van der Waals surface area contributed by atoms with E-state index in [1.807, 2.05) is 18.9 Å². The number of amides is 1. The van der Waals surface area contributed by atoms with E-state index in [-0.39, 0.29) is 17.1 Å². The third-order valence-corrected chi connectivity index (χ3v) is 5.51. The maximum absolute atomic E-state index is 12.5. The molecule has 0 radical (unpaired) electrons. The number of carbonyl (C=O) groups is 2. The number of ketones is 1. The van der Waals surface area contributed by atoms with Gasteiger partial charge in [0.1, 0.15) is 5.78 Å². The van der Waals surface area contributed by atoms with Crippen molar-refractivity contribution in [2.75, 3.05) is 20.1 Å². The Labute approximate surface area is 122 Å². The van der Waals surface area contributed by atoms with Gasteiger partial charge in [0.25, 0.3) is 0 Å². The smallest absolute Gasteiger partial charge is 0.225 e. The van der Waals surface area contributed by atoms with Gasteiger partial charge in [-0.2, -0.15) is 0 Å². The molecule has 1 aliphatic heterocycles. The maximum atomic E-state index is 12.5. The van der Waals surface area contributed by atoms with E-state index in [4.69, 9.17) is 0 Å². The van der Waals surface area contributed by atoms with Gasteiger partial charge in [-0.1, -0.05) is 6.92 Å². The van der Waals surface area contributed by atoms with Crippen molar-refractivity contribution in [3.05, 3.63) is 0 Å². The first-order valence-corrected chi connectivity index (χ1v) is 7.93. The summed E-state index contributed by atoms with van der Waals surface area (Å²) in [7, 11) is 2.00. The minimum absolute atomic E-state index is 0.208. The zero-order valence-corrected chi connectivity index (χ0v) is 13.1. The minimum atomic E-state index is -0.208. The van der Waals surface area contributed by atoms with E-state index in [1.54, 1.807) is 6.92 Å². The molecule has 0 aromatic rings. The SMILES string of the molecule is CNC1CCC(C(=O)N2CCC(C)(C(C)=O)CC2)CC1. The van der Waals surface area contributed by atoms with Crippen LogP contribution in [0.5, 0.6) is 0 Å². The summed E-state index contributed by atoms with van der Waals surface area (Å²) in [6.07, 6.45) is 5.85. The molecule has 1 N–H and O–H groups in total. The highest BCUT2D eigenvalue weighted by atomic mass is 16.2. The number of Topliss-reactive ketones (excluding diaryl/α,β-unsaturated/α-hetero) is 1. The van der Waals surface area contributed by atoms with Gasteiger partial charge in [-0.15, -0.1) is 0 Å². The summed E-state index contributed by atoms with van der Waals surface area (Å²) in [5, 5.41) is 3.30. The predicted molar refractivity (Wildman–Crippen MR) is 79.4 cm³/mol. The average Bonchev–Trinajstić information content (AvgIpc) is 2.47. The number of hydrogen-bond acceptors (Lipinski definition) is 3. The van der Waals surface area contributed by atoms with Gasteiger partial charge >= 0.3 is 0 Å². The van der Waals surface area contributed by atoms with Gasteiger partial charge in [0.15, 0.2) is 0 Å². The zero-order valence-electron chi connectivity index (χ0n) is 13.1. The van der Waals surface area contributed by atoms with Crippen LogP contribution < -0.4 is 5.32 Å². The molecule has 4 nitrogen and oxygen atoms in total. The fourth-order valence-corrected chi connectivity index (χ4v) is 3.46. The van der Waals surface area contributed by atoms with Crippen LogP contribution in [0.2, 0.25) is 0 Å². The molecule has 1 heterocycles. The molecule has 20 heavy (non-hydrogen) atoms. The summed E-state index contributed by atoms with van der Waals surface area (Å²) in [5.41, 5.74) is -0.208. The molecule has 0 aromatic carbocycles. The molecule has 0 bridgehead atoms. The Kier molecular flexibility index (Phi) is 4.84. The molecular formula is C16H28N2O2. The topological polar surface area (TPSA) is 49.4 Å². The fraction of sp³-hybridized carbons (Fsp3) is 0.875. The number of nitrogens with zero attached hydrogens (tertiary/aromatic N) is 1. The van der Waals surface area contributed by atoms with E-state index in [0.29, 0.717) is 11.9 Å². The Morgan fingerprint density at radius 1 is 1.10 bits per heavy atom. The molecule has 0 unspecified atom stereocenters. The van der Waals surface area contributed by atoms with Crippen LogP contribution in [0, 0.1) is 11.3 Å². The predicted octanol–water partition coefficient (Wildman–Crippen LogP) is 1.98. The van der Waals surface area contributed by atoms with Crippen LogP contribution >= 0.6 is 0 Å². The van der Waals surface area contributed by atoms with Gasteiger partial charge in [-0.25, -0.2) is 0 Å². The summed E-state index contributed by atoms with van der Waals surface area (Å²) < 4.78 is 0. The highest BCUT2D eigenvalue weighted by molar-refractivity contribution is 5.83. The van der Waals surface area contributed by atoms with Gasteiger partial charge in [-0.3, -0.25) is 9.59 Å². The second-order valence-electron chi connectivity index (χ2n) is 6.78. The summed E-state index contributed by atoms with van der Waals surface area (Å²) in [5.74, 6) is 0.797. The van der Waals surface area contributed by atoms with Gasteiger partial charge < -0.3 is 10.2 Å². The standard InChI is InChI=1S/C16H28N2O2/c1-12(19)16(2)8-10-18(11-9-16)15(20)13-4-6-14(17-3)7-5-13/h13-14,17H,4-11H2,1-3H3. The van der Waals surface area contributed by atoms with E-state index < -0.39 is 0 Å². The number of carbonyl (C=O) groups excluding carboxylic acids is 2. The summed E-state index contributed by atoms with van der Waals surface area (Å²) in [6.45, 7) is 5.22. The molecule has 4 heteroatoms. The number of likely N-dealkylation sites (tertiary alicyclic amines) is 1. The van der Waals surface area contributed by atoms with Crippen LogP contribution in [-0.4, -0.2) is 42.8 Å². The van der Waals surface area contributed by atoms with Crippen molar-refractivity contribution in [2.24, 2.45) is 11.3 Å². The van der Waals surface area contributed by atoms with E-state index in [0.717, 1.165) is 51.6 Å². The second-order valence-corrected chi connectivity index (χ2v) is 6.78. The Hall–Kier alpha value is -0.900. The zero-order chi connectivity index (χ0) is 14.8. The van der Waals surface area contributed by atoms with Crippen LogP contribution in [0.4, 0.5) is 0 Å². The summed E-state index contributed by atoms with van der Waals surface area (Å²) in [4.78, 5) is 26.2. The van der Waals surface area contributed by atoms with E-state index >= 15 is 0 Å². The Balaban J connectivity index is 1.85. The van der Waals surface area contributed by atoms with Crippen molar-refractivity contribution in [3.8, 4) is 0 Å². The summed E-state index contributed by atoms with van der Waals surface area (Å²) in [6, 6.07) is 0.585. The number of rotatable bonds is 3. The van der Waals surface area contributed by atoms with Crippen molar-refractivity contribution in [2.45, 2.75) is 58.4 Å². The highest BCUT2D eigenvalue weighted by Gasteiger charge is 2.37. The number of hydrogen-bond donors (Lipinski definition) is 1. The highest BCUT2D eigenvalue weighted by Crippen LogP contribution is 2.33. The number of piperidine rings is 1. The van der Waals surface area contributed by atoms with Crippen LogP contribution in [-0.2, 0) is 9.59 Å². The molecule has 114 valence electrons. The molecule has 1 saturated carbocycles. The number of nitrogens with one attached hydrogen (secondary N) is 1. The fourth-order valence-electron chi connectivity index (χ4n) is 3.46. The monoisotopic (exact) mass is 280 g/mol. The van der Waals surface area contributed by atoms with Gasteiger partial charge in [0.05, 0.1) is 0 Å². The van der Waals surface area contributed by atoms with Crippen molar-refractivity contribution < 1.29 is 9.59 Å². The van der Waals surface area contributed by atoms with E-state index in [1.165, 1.54) is 0 Å².